The Labute approximate surface area is 97.3 Å². The van der Waals surface area contributed by atoms with Gasteiger partial charge in [-0.2, -0.15) is 0 Å². The van der Waals surface area contributed by atoms with Crippen molar-refractivity contribution in [3.63, 3.8) is 0 Å². The summed E-state index contributed by atoms with van der Waals surface area (Å²) < 4.78 is 4.95. The van der Waals surface area contributed by atoms with Crippen LogP contribution in [0.25, 0.3) is 11.5 Å². The van der Waals surface area contributed by atoms with Crippen LogP contribution in [0.15, 0.2) is 35.2 Å². The second-order valence-electron chi connectivity index (χ2n) is 2.56. The van der Waals surface area contributed by atoms with Gasteiger partial charge < -0.3 is 14.3 Å². The minimum atomic E-state index is -1.35. The Bertz CT molecular complexity index is 455. The van der Waals surface area contributed by atoms with Gasteiger partial charge in [-0.05, 0) is 12.1 Å². The number of rotatable bonds is 2. The van der Waals surface area contributed by atoms with Crippen molar-refractivity contribution in [1.82, 2.24) is 9.97 Å². The fourth-order valence-electron chi connectivity index (χ4n) is 0.995. The van der Waals surface area contributed by atoms with Crippen molar-refractivity contribution in [3.8, 4) is 11.5 Å². The molecule has 6 heteroatoms. The van der Waals surface area contributed by atoms with E-state index in [9.17, 15) is 9.90 Å². The maximum Gasteiger partial charge on any atom is 1.00 e. The molecule has 2 rings (SSSR count). The summed E-state index contributed by atoms with van der Waals surface area (Å²) in [5.74, 6) is -1.11. The third-order valence-corrected chi connectivity index (χ3v) is 1.64. The summed E-state index contributed by atoms with van der Waals surface area (Å²) in [6.07, 6.45) is 4.18. The largest absolute Gasteiger partial charge is 1.00 e. The van der Waals surface area contributed by atoms with Crippen LogP contribution in [0.4, 0.5) is 0 Å². The van der Waals surface area contributed by atoms with E-state index in [1.807, 2.05) is 0 Å². The van der Waals surface area contributed by atoms with E-state index in [1.165, 1.54) is 0 Å². The molecule has 0 saturated carbocycles. The molecule has 0 radical (unpaired) electrons. The minimum absolute atomic E-state index is 0. The molecule has 0 spiro atoms. The number of oxazole rings is 1. The summed E-state index contributed by atoms with van der Waals surface area (Å²) in [6, 6.07) is 3.34. The molecule has 2 aromatic rings. The zero-order valence-corrected chi connectivity index (χ0v) is 8.01. The molecule has 2 heterocycles. The average molecular weight is 196 g/mol. The third-order valence-electron chi connectivity index (χ3n) is 1.64. The maximum absolute atomic E-state index is 10.4. The molecule has 0 N–H and O–H groups in total. The Balaban J connectivity index is 0.00000112. The van der Waals surface area contributed by atoms with Crippen LogP contribution in [0, 0.1) is 0 Å². The van der Waals surface area contributed by atoms with Gasteiger partial charge in [-0.3, -0.25) is 4.98 Å². The summed E-state index contributed by atoms with van der Waals surface area (Å²) >= 11 is 0. The van der Waals surface area contributed by atoms with Gasteiger partial charge in [0.1, 0.15) is 12.0 Å². The number of hydrogen-bond acceptors (Lipinski definition) is 5. The average Bonchev–Trinajstić information content (AvgIpc) is 2.68. The molecule has 0 aliphatic heterocycles. The van der Waals surface area contributed by atoms with E-state index in [0.717, 1.165) is 6.26 Å². The SMILES string of the molecule is O=C([O-])c1coc(-c2ccncc2)n1.[Li+]. The first-order chi connectivity index (χ1) is 6.77. The molecule has 0 amide bonds. The topological polar surface area (TPSA) is 79.0 Å². The molecular formula is C9H5LiN2O3. The third kappa shape index (κ3) is 2.46. The fourth-order valence-corrected chi connectivity index (χ4v) is 0.995. The first-order valence-corrected chi connectivity index (χ1v) is 3.84. The van der Waals surface area contributed by atoms with Gasteiger partial charge in [-0.1, -0.05) is 0 Å². The Morgan fingerprint density at radius 3 is 2.53 bits per heavy atom. The number of carboxylic acid groups (broad SMARTS) is 1. The molecule has 0 unspecified atom stereocenters. The van der Waals surface area contributed by atoms with E-state index < -0.39 is 5.97 Å². The smallest absolute Gasteiger partial charge is 0.543 e. The molecule has 0 saturated heterocycles. The number of carbonyl (C=O) groups is 1. The molecule has 0 fully saturated rings. The Morgan fingerprint density at radius 1 is 1.33 bits per heavy atom. The molecule has 15 heavy (non-hydrogen) atoms. The molecule has 0 aliphatic carbocycles. The zero-order chi connectivity index (χ0) is 9.97. The quantitative estimate of drug-likeness (QED) is 0.481. The summed E-state index contributed by atoms with van der Waals surface area (Å²) in [5.41, 5.74) is 0.462. The second kappa shape index (κ2) is 4.78. The van der Waals surface area contributed by atoms with Gasteiger partial charge in [-0.15, -0.1) is 0 Å². The van der Waals surface area contributed by atoms with Gasteiger partial charge in [0.15, 0.2) is 0 Å². The minimum Gasteiger partial charge on any atom is -0.543 e. The van der Waals surface area contributed by atoms with Gasteiger partial charge in [0.25, 0.3) is 0 Å². The number of carbonyl (C=O) groups excluding carboxylic acids is 1. The fraction of sp³-hybridized carbons (Fsp3) is 0. The van der Waals surface area contributed by atoms with Crippen molar-refractivity contribution in [3.05, 3.63) is 36.5 Å². The molecular weight excluding hydrogens is 191 g/mol. The summed E-state index contributed by atoms with van der Waals surface area (Å²) in [7, 11) is 0. The molecule has 0 atom stereocenters. The van der Waals surface area contributed by atoms with Gasteiger partial charge in [0.2, 0.25) is 5.89 Å². The second-order valence-corrected chi connectivity index (χ2v) is 2.56. The normalized spacial score (nSPS) is 9.33. The predicted molar refractivity (Wildman–Crippen MR) is 44.1 cm³/mol. The Hall–Kier alpha value is -1.57. The molecule has 5 nitrogen and oxygen atoms in total. The number of pyridine rings is 1. The van der Waals surface area contributed by atoms with Crippen LogP contribution in [0.3, 0.4) is 0 Å². The van der Waals surface area contributed by atoms with Crippen LogP contribution >= 0.6 is 0 Å². The van der Waals surface area contributed by atoms with Crippen LogP contribution < -0.4 is 24.0 Å². The van der Waals surface area contributed by atoms with Crippen LogP contribution in [0.5, 0.6) is 0 Å². The van der Waals surface area contributed by atoms with E-state index in [-0.39, 0.29) is 30.4 Å². The maximum atomic E-state index is 10.4. The molecule has 70 valence electrons. The van der Waals surface area contributed by atoms with E-state index in [4.69, 9.17) is 4.42 Å². The predicted octanol–water partition coefficient (Wildman–Crippen LogP) is -2.90. The van der Waals surface area contributed by atoms with E-state index in [1.54, 1.807) is 24.5 Å². The van der Waals surface area contributed by atoms with Crippen LogP contribution in [0.1, 0.15) is 10.5 Å². The van der Waals surface area contributed by atoms with Crippen molar-refractivity contribution in [2.45, 2.75) is 0 Å². The van der Waals surface area contributed by atoms with E-state index >= 15 is 0 Å². The van der Waals surface area contributed by atoms with Gasteiger partial charge in [0.05, 0.1) is 5.97 Å². The van der Waals surface area contributed by atoms with E-state index in [2.05, 4.69) is 9.97 Å². The van der Waals surface area contributed by atoms with Crippen LogP contribution in [-0.2, 0) is 0 Å². The first-order valence-electron chi connectivity index (χ1n) is 3.84. The van der Waals surface area contributed by atoms with Crippen LogP contribution in [-0.4, -0.2) is 15.9 Å². The molecule has 2 aromatic heterocycles. The van der Waals surface area contributed by atoms with E-state index in [0.29, 0.717) is 5.56 Å². The van der Waals surface area contributed by atoms with Gasteiger partial charge in [0, 0.05) is 18.0 Å². The monoisotopic (exact) mass is 196 g/mol. The summed E-state index contributed by atoms with van der Waals surface area (Å²) in [4.78, 5) is 17.9. The van der Waals surface area contributed by atoms with Gasteiger partial charge >= 0.3 is 18.9 Å². The summed E-state index contributed by atoms with van der Waals surface area (Å²) in [5, 5.41) is 10.4. The Morgan fingerprint density at radius 2 is 2.00 bits per heavy atom. The zero-order valence-electron chi connectivity index (χ0n) is 8.01. The Kier molecular flexibility index (Phi) is 3.66. The van der Waals surface area contributed by atoms with Crippen molar-refractivity contribution in [2.24, 2.45) is 0 Å². The summed E-state index contributed by atoms with van der Waals surface area (Å²) in [6.45, 7) is 0. The van der Waals surface area contributed by atoms with Crippen molar-refractivity contribution < 1.29 is 33.2 Å². The number of hydrogen-bond donors (Lipinski definition) is 0. The van der Waals surface area contributed by atoms with Crippen molar-refractivity contribution in [2.75, 3.05) is 0 Å². The first kappa shape index (κ1) is 11.5. The number of nitrogens with zero attached hydrogens (tertiary/aromatic N) is 2. The van der Waals surface area contributed by atoms with Crippen molar-refractivity contribution in [1.29, 1.82) is 0 Å². The number of aromatic carboxylic acids is 1. The van der Waals surface area contributed by atoms with Crippen molar-refractivity contribution >= 4 is 5.97 Å². The number of carboxylic acids is 1. The van der Waals surface area contributed by atoms with Gasteiger partial charge in [-0.25, -0.2) is 4.98 Å². The molecule has 0 aromatic carbocycles. The van der Waals surface area contributed by atoms with Crippen LogP contribution in [0.2, 0.25) is 0 Å². The molecule has 0 bridgehead atoms. The number of aromatic nitrogens is 2. The molecule has 0 aliphatic rings. The standard InChI is InChI=1S/C9H6N2O3.Li/c12-9(13)7-5-14-8(11-7)6-1-3-10-4-2-6;/h1-5H,(H,12,13);/q;+1/p-1.